The van der Waals surface area contributed by atoms with Gasteiger partial charge in [0.1, 0.15) is 0 Å². The number of hydrogen-bond acceptors (Lipinski definition) is 2. The third kappa shape index (κ3) is 2.43. The number of hydrogen-bond donors (Lipinski definition) is 1. The van der Waals surface area contributed by atoms with Gasteiger partial charge >= 0.3 is 0 Å². The summed E-state index contributed by atoms with van der Waals surface area (Å²) in [6, 6.07) is 6.60. The van der Waals surface area contributed by atoms with Crippen molar-refractivity contribution < 1.29 is 0 Å². The molecule has 0 spiro atoms. The number of H-pyrrole nitrogens is 1. The average Bonchev–Trinajstić information content (AvgIpc) is 2.73. The summed E-state index contributed by atoms with van der Waals surface area (Å²) >= 11 is 0. The van der Waals surface area contributed by atoms with Crippen molar-refractivity contribution in [2.24, 2.45) is 0 Å². The highest BCUT2D eigenvalue weighted by atomic mass is 15.3. The Bertz CT molecular complexity index is 432. The van der Waals surface area contributed by atoms with Crippen molar-refractivity contribution in [1.29, 1.82) is 0 Å². The Morgan fingerprint density at radius 2 is 2.00 bits per heavy atom. The van der Waals surface area contributed by atoms with Gasteiger partial charge in [-0.25, -0.2) is 0 Å². The Morgan fingerprint density at radius 1 is 1.13 bits per heavy atom. The molecule has 1 heterocycles. The molecule has 0 aliphatic carbocycles. The summed E-state index contributed by atoms with van der Waals surface area (Å²) in [5.74, 6) is 0. The van der Waals surface area contributed by atoms with Gasteiger partial charge in [0.25, 0.3) is 0 Å². The van der Waals surface area contributed by atoms with E-state index in [1.165, 1.54) is 16.7 Å². The molecular weight excluding hydrogens is 186 g/mol. The lowest BCUT2D eigenvalue weighted by atomic mass is 10.0. The van der Waals surface area contributed by atoms with Crippen LogP contribution in [0.1, 0.15) is 22.4 Å². The number of nitrogens with zero attached hydrogens (tertiary/aromatic N) is 2. The molecule has 0 amide bonds. The van der Waals surface area contributed by atoms with Crippen LogP contribution in [0.15, 0.2) is 24.4 Å². The van der Waals surface area contributed by atoms with Crippen molar-refractivity contribution in [2.75, 3.05) is 0 Å². The molecule has 0 atom stereocenters. The number of aromatic amines is 1. The third-order valence-corrected chi connectivity index (χ3v) is 2.71. The van der Waals surface area contributed by atoms with Gasteiger partial charge in [0.05, 0.1) is 11.9 Å². The Morgan fingerprint density at radius 3 is 2.67 bits per heavy atom. The van der Waals surface area contributed by atoms with Crippen molar-refractivity contribution in [1.82, 2.24) is 15.4 Å². The highest BCUT2D eigenvalue weighted by Crippen LogP contribution is 2.11. The monoisotopic (exact) mass is 201 g/mol. The molecule has 0 aliphatic rings. The fourth-order valence-corrected chi connectivity index (χ4v) is 1.58. The van der Waals surface area contributed by atoms with E-state index in [9.17, 15) is 0 Å². The first-order valence-electron chi connectivity index (χ1n) is 5.16. The number of benzene rings is 1. The van der Waals surface area contributed by atoms with Gasteiger partial charge < -0.3 is 0 Å². The van der Waals surface area contributed by atoms with Crippen LogP contribution in [0.25, 0.3) is 0 Å². The number of nitrogens with one attached hydrogen (secondary N) is 1. The molecule has 3 heteroatoms. The smallest absolute Gasteiger partial charge is 0.0828 e. The van der Waals surface area contributed by atoms with Crippen LogP contribution in [0.2, 0.25) is 0 Å². The molecule has 2 aromatic rings. The molecule has 15 heavy (non-hydrogen) atoms. The van der Waals surface area contributed by atoms with Crippen LogP contribution in [0.3, 0.4) is 0 Å². The predicted octanol–water partition coefficient (Wildman–Crippen LogP) is 2.21. The quantitative estimate of drug-likeness (QED) is 0.827. The summed E-state index contributed by atoms with van der Waals surface area (Å²) < 4.78 is 0. The second kappa shape index (κ2) is 4.26. The number of aryl methyl sites for hydroxylation is 4. The van der Waals surface area contributed by atoms with Crippen molar-refractivity contribution in [3.05, 3.63) is 46.8 Å². The first kappa shape index (κ1) is 9.90. The highest BCUT2D eigenvalue weighted by molar-refractivity contribution is 5.30. The maximum Gasteiger partial charge on any atom is 0.0828 e. The zero-order valence-electron chi connectivity index (χ0n) is 9.12. The summed E-state index contributed by atoms with van der Waals surface area (Å²) in [6.45, 7) is 4.28. The van der Waals surface area contributed by atoms with E-state index < -0.39 is 0 Å². The Kier molecular flexibility index (Phi) is 2.81. The fourth-order valence-electron chi connectivity index (χ4n) is 1.58. The van der Waals surface area contributed by atoms with E-state index in [4.69, 9.17) is 0 Å². The molecule has 3 nitrogen and oxygen atoms in total. The van der Waals surface area contributed by atoms with Crippen molar-refractivity contribution in [3.63, 3.8) is 0 Å². The van der Waals surface area contributed by atoms with Crippen LogP contribution in [0.4, 0.5) is 0 Å². The molecule has 1 aromatic carbocycles. The van der Waals surface area contributed by atoms with E-state index in [-0.39, 0.29) is 0 Å². The third-order valence-electron chi connectivity index (χ3n) is 2.71. The molecule has 1 N–H and O–H groups in total. The fraction of sp³-hybridized carbons (Fsp3) is 0.333. The number of rotatable bonds is 3. The lowest BCUT2D eigenvalue weighted by Crippen LogP contribution is -1.93. The van der Waals surface area contributed by atoms with Gasteiger partial charge in [-0.2, -0.15) is 15.4 Å². The van der Waals surface area contributed by atoms with Gasteiger partial charge in [-0.15, -0.1) is 0 Å². The summed E-state index contributed by atoms with van der Waals surface area (Å²) in [5.41, 5.74) is 5.09. The van der Waals surface area contributed by atoms with E-state index in [1.807, 2.05) is 0 Å². The molecule has 0 radical (unpaired) electrons. The summed E-state index contributed by atoms with van der Waals surface area (Å²) in [6.07, 6.45) is 3.74. The molecule has 0 aliphatic heterocycles. The van der Waals surface area contributed by atoms with Crippen LogP contribution in [-0.2, 0) is 12.8 Å². The standard InChI is InChI=1S/C12H15N3/c1-9-3-4-11(7-10(9)2)5-6-12-8-13-15-14-12/h3-4,7-8H,5-6H2,1-2H3,(H,13,14,15). The summed E-state index contributed by atoms with van der Waals surface area (Å²) in [7, 11) is 0. The molecule has 1 aromatic heterocycles. The largest absolute Gasteiger partial charge is 0.198 e. The Labute approximate surface area is 89.5 Å². The molecule has 2 rings (SSSR count). The normalized spacial score (nSPS) is 10.5. The van der Waals surface area contributed by atoms with E-state index >= 15 is 0 Å². The maximum absolute atomic E-state index is 4.04. The van der Waals surface area contributed by atoms with Crippen molar-refractivity contribution >= 4 is 0 Å². The predicted molar refractivity (Wildman–Crippen MR) is 59.7 cm³/mol. The first-order valence-corrected chi connectivity index (χ1v) is 5.16. The topological polar surface area (TPSA) is 41.6 Å². The lowest BCUT2D eigenvalue weighted by Gasteiger charge is -2.03. The zero-order chi connectivity index (χ0) is 10.7. The van der Waals surface area contributed by atoms with Crippen LogP contribution in [0.5, 0.6) is 0 Å². The molecule has 78 valence electrons. The van der Waals surface area contributed by atoms with Crippen LogP contribution >= 0.6 is 0 Å². The minimum absolute atomic E-state index is 0.943. The second-order valence-corrected chi connectivity index (χ2v) is 3.88. The molecule has 0 fully saturated rings. The lowest BCUT2D eigenvalue weighted by molar-refractivity contribution is 0.870. The van der Waals surface area contributed by atoms with E-state index in [0.29, 0.717) is 0 Å². The first-order chi connectivity index (χ1) is 7.25. The average molecular weight is 201 g/mol. The Balaban J connectivity index is 2.02. The summed E-state index contributed by atoms with van der Waals surface area (Å²) in [5, 5.41) is 10.5. The van der Waals surface area contributed by atoms with E-state index in [0.717, 1.165) is 18.5 Å². The van der Waals surface area contributed by atoms with Gasteiger partial charge in [0, 0.05) is 0 Å². The molecule has 0 unspecified atom stereocenters. The minimum atomic E-state index is 0.943. The van der Waals surface area contributed by atoms with Gasteiger partial charge in [-0.3, -0.25) is 0 Å². The van der Waals surface area contributed by atoms with Crippen molar-refractivity contribution in [2.45, 2.75) is 26.7 Å². The van der Waals surface area contributed by atoms with Gasteiger partial charge in [-0.05, 0) is 43.4 Å². The van der Waals surface area contributed by atoms with Crippen molar-refractivity contribution in [3.8, 4) is 0 Å². The summed E-state index contributed by atoms with van der Waals surface area (Å²) in [4.78, 5) is 0. The molecule has 0 bridgehead atoms. The molecule has 0 saturated carbocycles. The SMILES string of the molecule is Cc1ccc(CCc2cn[nH]n2)cc1C. The van der Waals surface area contributed by atoms with E-state index in [1.54, 1.807) is 6.20 Å². The van der Waals surface area contributed by atoms with Gasteiger partial charge in [-0.1, -0.05) is 18.2 Å². The molecular formula is C12H15N3. The maximum atomic E-state index is 4.04. The van der Waals surface area contributed by atoms with Crippen LogP contribution < -0.4 is 0 Å². The van der Waals surface area contributed by atoms with Crippen LogP contribution in [-0.4, -0.2) is 15.4 Å². The van der Waals surface area contributed by atoms with E-state index in [2.05, 4.69) is 47.5 Å². The Hall–Kier alpha value is -1.64. The number of aromatic nitrogens is 3. The minimum Gasteiger partial charge on any atom is -0.198 e. The molecule has 0 saturated heterocycles. The zero-order valence-corrected chi connectivity index (χ0v) is 9.12. The van der Waals surface area contributed by atoms with Crippen LogP contribution in [0, 0.1) is 13.8 Å². The van der Waals surface area contributed by atoms with Gasteiger partial charge in [0.15, 0.2) is 0 Å². The second-order valence-electron chi connectivity index (χ2n) is 3.88. The van der Waals surface area contributed by atoms with Gasteiger partial charge in [0.2, 0.25) is 0 Å². The highest BCUT2D eigenvalue weighted by Gasteiger charge is 1.99.